The summed E-state index contributed by atoms with van der Waals surface area (Å²) >= 11 is 34.1. The van der Waals surface area contributed by atoms with E-state index < -0.39 is 33.9 Å². The number of hydrogen-bond donors (Lipinski definition) is 2. The number of benzene rings is 2. The summed E-state index contributed by atoms with van der Waals surface area (Å²) in [6.45, 7) is 0. The molecule has 0 unspecified atom stereocenters. The van der Waals surface area contributed by atoms with E-state index in [-0.39, 0.29) is 20.7 Å². The minimum absolute atomic E-state index is 0.0805. The van der Waals surface area contributed by atoms with Crippen LogP contribution in [0.5, 0.6) is 0 Å². The molecule has 1 saturated carbocycles. The lowest BCUT2D eigenvalue weighted by Crippen LogP contribution is -2.18. The molecule has 0 aliphatic heterocycles. The third kappa shape index (κ3) is 5.30. The number of alkyl halides is 2. The van der Waals surface area contributed by atoms with Crippen LogP contribution >= 0.6 is 73.9 Å². The highest BCUT2D eigenvalue weighted by atomic mass is 79.9. The maximum Gasteiger partial charge on any atom is 0.257 e. The minimum Gasteiger partial charge on any atom is -0.326 e. The summed E-state index contributed by atoms with van der Waals surface area (Å²) in [5.74, 6) is -3.05. The van der Waals surface area contributed by atoms with Crippen molar-refractivity contribution in [1.82, 2.24) is 4.98 Å². The van der Waals surface area contributed by atoms with Gasteiger partial charge in [-0.1, -0.05) is 34.8 Å². The molecule has 0 bridgehead atoms. The zero-order valence-corrected chi connectivity index (χ0v) is 22.0. The molecule has 5 nitrogen and oxygen atoms in total. The van der Waals surface area contributed by atoms with E-state index in [1.165, 1.54) is 24.3 Å². The van der Waals surface area contributed by atoms with Crippen LogP contribution in [0.3, 0.4) is 0 Å². The van der Waals surface area contributed by atoms with Gasteiger partial charge in [0.2, 0.25) is 11.9 Å². The lowest BCUT2D eigenvalue weighted by Gasteiger charge is -2.10. The third-order valence-corrected chi connectivity index (χ3v) is 7.38. The van der Waals surface area contributed by atoms with E-state index in [4.69, 9.17) is 58.0 Å². The summed E-state index contributed by atoms with van der Waals surface area (Å²) in [6, 6.07) is 10.6. The number of amides is 2. The molecular weight excluding hydrogens is 614 g/mol. The molecule has 2 aromatic carbocycles. The van der Waals surface area contributed by atoms with Gasteiger partial charge in [-0.3, -0.25) is 9.59 Å². The highest BCUT2D eigenvalue weighted by Crippen LogP contribution is 2.65. The molecule has 2 amide bonds. The van der Waals surface area contributed by atoms with Gasteiger partial charge in [0.1, 0.15) is 4.33 Å². The van der Waals surface area contributed by atoms with Crippen LogP contribution in [0.4, 0.5) is 15.8 Å². The fourth-order valence-electron chi connectivity index (χ4n) is 3.51. The number of nitrogens with one attached hydrogen (secondary N) is 2. The van der Waals surface area contributed by atoms with Gasteiger partial charge < -0.3 is 10.6 Å². The van der Waals surface area contributed by atoms with Crippen molar-refractivity contribution >= 4 is 97.1 Å². The van der Waals surface area contributed by atoms with Crippen LogP contribution in [0.15, 0.2) is 53.1 Å². The van der Waals surface area contributed by atoms with Gasteiger partial charge >= 0.3 is 0 Å². The Morgan fingerprint density at radius 1 is 0.971 bits per heavy atom. The largest absolute Gasteiger partial charge is 0.326 e. The molecule has 1 heterocycles. The maximum atomic E-state index is 13.3. The van der Waals surface area contributed by atoms with Gasteiger partial charge in [-0.15, -0.1) is 23.2 Å². The van der Waals surface area contributed by atoms with Crippen LogP contribution in [-0.4, -0.2) is 21.1 Å². The Labute approximate surface area is 227 Å². The zero-order valence-electron chi connectivity index (χ0n) is 16.7. The zero-order chi connectivity index (χ0) is 24.8. The molecular formula is C22H12BrCl5FN3O2. The predicted molar refractivity (Wildman–Crippen MR) is 137 cm³/mol. The Hall–Kier alpha value is -1.61. The summed E-state index contributed by atoms with van der Waals surface area (Å²) in [5.41, 5.74) is 1.27. The highest BCUT2D eigenvalue weighted by Gasteiger charge is 2.67. The summed E-state index contributed by atoms with van der Waals surface area (Å²) in [5, 5.41) is 6.22. The summed E-state index contributed by atoms with van der Waals surface area (Å²) in [7, 11) is 0. The van der Waals surface area contributed by atoms with E-state index >= 15 is 0 Å². The van der Waals surface area contributed by atoms with Gasteiger partial charge in [0.15, 0.2) is 0 Å². The maximum absolute atomic E-state index is 13.3. The Bertz CT molecular complexity index is 1300. The van der Waals surface area contributed by atoms with Gasteiger partial charge in [-0.05, 0) is 64.0 Å². The molecule has 4 rings (SSSR count). The van der Waals surface area contributed by atoms with Gasteiger partial charge in [-0.25, -0.2) is 4.98 Å². The second-order valence-corrected chi connectivity index (χ2v) is 11.0. The van der Waals surface area contributed by atoms with Crippen molar-refractivity contribution in [3.05, 3.63) is 85.3 Å². The minimum atomic E-state index is -1.35. The fraction of sp³-hybridized carbons (Fsp3) is 0.136. The van der Waals surface area contributed by atoms with Gasteiger partial charge in [0, 0.05) is 21.7 Å². The first kappa shape index (κ1) is 25.5. The fourth-order valence-corrected chi connectivity index (χ4v) is 5.43. The molecule has 2 atom stereocenters. The van der Waals surface area contributed by atoms with Crippen molar-refractivity contribution in [3.63, 3.8) is 0 Å². The molecule has 176 valence electrons. The van der Waals surface area contributed by atoms with Crippen LogP contribution < -0.4 is 10.6 Å². The van der Waals surface area contributed by atoms with E-state index in [1.54, 1.807) is 18.2 Å². The first-order chi connectivity index (χ1) is 16.0. The molecule has 1 aromatic heterocycles. The number of pyridine rings is 1. The average molecular weight is 627 g/mol. The molecule has 0 radical (unpaired) electrons. The number of carbonyl (C=O) groups is 2. The van der Waals surface area contributed by atoms with Crippen molar-refractivity contribution in [3.8, 4) is 0 Å². The second-order valence-electron chi connectivity index (χ2n) is 7.47. The van der Waals surface area contributed by atoms with E-state index in [1.807, 2.05) is 0 Å². The molecule has 1 aliphatic carbocycles. The molecule has 0 spiro atoms. The number of anilines is 2. The molecule has 12 heteroatoms. The topological polar surface area (TPSA) is 71.1 Å². The second kappa shape index (κ2) is 9.80. The standard InChI is InChI=1S/C22H12BrCl5FN3O2/c23-15-7-13(8-30-19(15)29)32-20(33)14-6-12(1-2-16(14)26)31-21(34)18-17(22(18,27)28)9-3-10(24)5-11(25)4-9/h1-8,17-18H,(H,31,34)(H,32,33)/t17-,18+/m0/s1. The van der Waals surface area contributed by atoms with E-state index in [2.05, 4.69) is 31.5 Å². The van der Waals surface area contributed by atoms with Gasteiger partial charge in [0.05, 0.1) is 32.9 Å². The molecule has 0 saturated heterocycles. The number of carbonyl (C=O) groups excluding carboxylic acids is 2. The average Bonchev–Trinajstić information content (AvgIpc) is 3.33. The molecule has 34 heavy (non-hydrogen) atoms. The number of nitrogens with zero attached hydrogens (tertiary/aromatic N) is 1. The first-order valence-corrected chi connectivity index (χ1v) is 12.2. The van der Waals surface area contributed by atoms with Crippen LogP contribution in [-0.2, 0) is 4.79 Å². The van der Waals surface area contributed by atoms with Crippen LogP contribution in [0.1, 0.15) is 21.8 Å². The summed E-state index contributed by atoms with van der Waals surface area (Å²) < 4.78 is 12.1. The van der Waals surface area contributed by atoms with Crippen LogP contribution in [0.25, 0.3) is 0 Å². The van der Waals surface area contributed by atoms with Crippen molar-refractivity contribution < 1.29 is 14.0 Å². The Kier molecular flexibility index (Phi) is 7.34. The van der Waals surface area contributed by atoms with E-state index in [9.17, 15) is 14.0 Å². The van der Waals surface area contributed by atoms with Crippen molar-refractivity contribution in [2.75, 3.05) is 10.6 Å². The normalized spacial score (nSPS) is 18.3. The number of aromatic nitrogens is 1. The summed E-state index contributed by atoms with van der Waals surface area (Å²) in [4.78, 5) is 29.2. The van der Waals surface area contributed by atoms with Gasteiger partial charge in [-0.2, -0.15) is 4.39 Å². The van der Waals surface area contributed by atoms with Crippen molar-refractivity contribution in [2.24, 2.45) is 5.92 Å². The van der Waals surface area contributed by atoms with Crippen molar-refractivity contribution in [2.45, 2.75) is 10.3 Å². The third-order valence-electron chi connectivity index (χ3n) is 5.11. The SMILES string of the molecule is O=C(Nc1cnc(F)c(Br)c1)c1cc(NC(=O)[C@H]2[C@H](c3cc(Cl)cc(Cl)c3)C2(Cl)Cl)ccc1Cl. The first-order valence-electron chi connectivity index (χ1n) is 9.54. The van der Waals surface area contributed by atoms with E-state index in [0.29, 0.717) is 21.3 Å². The highest BCUT2D eigenvalue weighted by molar-refractivity contribution is 9.10. The smallest absolute Gasteiger partial charge is 0.257 e. The lowest BCUT2D eigenvalue weighted by atomic mass is 10.1. The Morgan fingerprint density at radius 2 is 1.65 bits per heavy atom. The number of rotatable bonds is 5. The lowest BCUT2D eigenvalue weighted by molar-refractivity contribution is -0.117. The van der Waals surface area contributed by atoms with Crippen molar-refractivity contribution in [1.29, 1.82) is 0 Å². The molecule has 2 N–H and O–H groups in total. The molecule has 3 aromatic rings. The molecule has 1 fully saturated rings. The number of hydrogen-bond acceptors (Lipinski definition) is 3. The quantitative estimate of drug-likeness (QED) is 0.225. The monoisotopic (exact) mass is 623 g/mol. The number of halogens is 7. The Morgan fingerprint density at radius 3 is 2.29 bits per heavy atom. The Balaban J connectivity index is 1.51. The van der Waals surface area contributed by atoms with Crippen LogP contribution in [0, 0.1) is 11.9 Å². The summed E-state index contributed by atoms with van der Waals surface area (Å²) in [6.07, 6.45) is 1.16. The van der Waals surface area contributed by atoms with Gasteiger partial charge in [0.25, 0.3) is 5.91 Å². The predicted octanol–water partition coefficient (Wildman–Crippen LogP) is 7.72. The molecule has 1 aliphatic rings. The van der Waals surface area contributed by atoms with E-state index in [0.717, 1.165) is 6.20 Å². The van der Waals surface area contributed by atoms with Crippen LogP contribution in [0.2, 0.25) is 15.1 Å².